The molecule has 114 valence electrons. The van der Waals surface area contributed by atoms with E-state index in [4.69, 9.17) is 0 Å². The van der Waals surface area contributed by atoms with Crippen LogP contribution in [0, 0.1) is 17.0 Å². The molecular formula is C15H18F2N2O2. The second kappa shape index (κ2) is 5.09. The molecule has 1 aliphatic heterocycles. The number of hydrogen-bond acceptors (Lipinski definition) is 2. The van der Waals surface area contributed by atoms with Crippen LogP contribution < -0.4 is 10.2 Å². The van der Waals surface area contributed by atoms with Crippen molar-refractivity contribution in [2.45, 2.75) is 39.8 Å². The van der Waals surface area contributed by atoms with Crippen molar-refractivity contribution in [3.63, 3.8) is 0 Å². The summed E-state index contributed by atoms with van der Waals surface area (Å²) in [5, 5.41) is 2.64. The predicted octanol–water partition coefficient (Wildman–Crippen LogP) is 2.23. The number of halogens is 2. The number of benzene rings is 1. The van der Waals surface area contributed by atoms with Crippen molar-refractivity contribution < 1.29 is 18.4 Å². The molecule has 6 heteroatoms. The number of nitrogens with one attached hydrogen (secondary N) is 1. The summed E-state index contributed by atoms with van der Waals surface area (Å²) < 4.78 is 27.3. The summed E-state index contributed by atoms with van der Waals surface area (Å²) in [4.78, 5) is 25.7. The molecule has 1 aliphatic rings. The van der Waals surface area contributed by atoms with Crippen LogP contribution in [0.5, 0.6) is 0 Å². The van der Waals surface area contributed by atoms with Crippen LogP contribution in [0.25, 0.3) is 0 Å². The molecule has 0 bridgehead atoms. The lowest BCUT2D eigenvalue weighted by Gasteiger charge is -2.42. The van der Waals surface area contributed by atoms with Crippen LogP contribution in [-0.4, -0.2) is 23.9 Å². The van der Waals surface area contributed by atoms with Crippen molar-refractivity contribution in [2.24, 2.45) is 5.41 Å². The van der Waals surface area contributed by atoms with E-state index in [9.17, 15) is 18.4 Å². The molecule has 1 aromatic rings. The highest BCUT2D eigenvalue weighted by Crippen LogP contribution is 2.30. The maximum Gasteiger partial charge on any atom is 0.250 e. The summed E-state index contributed by atoms with van der Waals surface area (Å²) in [6, 6.07) is 1.17. The predicted molar refractivity (Wildman–Crippen MR) is 74.7 cm³/mol. The third kappa shape index (κ3) is 2.75. The fourth-order valence-electron chi connectivity index (χ4n) is 2.36. The van der Waals surface area contributed by atoms with E-state index in [1.54, 1.807) is 20.8 Å². The van der Waals surface area contributed by atoms with Gasteiger partial charge in [0.05, 0.1) is 5.69 Å². The van der Waals surface area contributed by atoms with Crippen molar-refractivity contribution in [3.8, 4) is 0 Å². The SMILES string of the molecule is CC1C(=O)NC(C(C)(C)C)C(=O)N1c1cc(F)ccc1F. The molecule has 0 saturated carbocycles. The number of nitrogens with zero attached hydrogens (tertiary/aromatic N) is 1. The molecule has 0 aliphatic carbocycles. The van der Waals surface area contributed by atoms with Crippen LogP contribution >= 0.6 is 0 Å². The van der Waals surface area contributed by atoms with E-state index in [1.807, 2.05) is 0 Å². The Hall–Kier alpha value is -1.98. The van der Waals surface area contributed by atoms with Gasteiger partial charge in [-0.3, -0.25) is 14.5 Å². The Bertz CT molecular complexity index is 596. The minimum atomic E-state index is -0.896. The first-order chi connectivity index (χ1) is 9.62. The molecule has 2 amide bonds. The molecule has 2 unspecified atom stereocenters. The fraction of sp³-hybridized carbons (Fsp3) is 0.467. The average molecular weight is 296 g/mol. The van der Waals surface area contributed by atoms with Crippen molar-refractivity contribution in [1.29, 1.82) is 0 Å². The molecule has 1 fully saturated rings. The van der Waals surface area contributed by atoms with Crippen molar-refractivity contribution in [1.82, 2.24) is 5.32 Å². The molecule has 1 N–H and O–H groups in total. The summed E-state index contributed by atoms with van der Waals surface area (Å²) in [6.45, 7) is 6.88. The van der Waals surface area contributed by atoms with Gasteiger partial charge in [-0.05, 0) is 24.5 Å². The minimum absolute atomic E-state index is 0.211. The lowest BCUT2D eigenvalue weighted by Crippen LogP contribution is -2.66. The Kier molecular flexibility index (Phi) is 3.74. The Labute approximate surface area is 122 Å². The molecule has 2 atom stereocenters. The highest BCUT2D eigenvalue weighted by Gasteiger charge is 2.44. The van der Waals surface area contributed by atoms with Crippen LogP contribution in [0.1, 0.15) is 27.7 Å². The first-order valence-corrected chi connectivity index (χ1v) is 6.71. The molecule has 0 radical (unpaired) electrons. The number of carbonyl (C=O) groups is 2. The van der Waals surface area contributed by atoms with E-state index in [0.717, 1.165) is 23.1 Å². The van der Waals surface area contributed by atoms with Gasteiger partial charge in [0.25, 0.3) is 5.91 Å². The molecule has 4 nitrogen and oxygen atoms in total. The molecule has 0 aromatic heterocycles. The monoisotopic (exact) mass is 296 g/mol. The zero-order chi connectivity index (χ0) is 15.9. The normalized spacial score (nSPS) is 23.2. The number of amides is 2. The van der Waals surface area contributed by atoms with Crippen LogP contribution in [0.2, 0.25) is 0 Å². The Morgan fingerprint density at radius 3 is 2.38 bits per heavy atom. The lowest BCUT2D eigenvalue weighted by molar-refractivity contribution is -0.136. The van der Waals surface area contributed by atoms with Gasteiger partial charge in [-0.25, -0.2) is 8.78 Å². The van der Waals surface area contributed by atoms with Gasteiger partial charge in [-0.1, -0.05) is 20.8 Å². The number of hydrogen-bond donors (Lipinski definition) is 1. The van der Waals surface area contributed by atoms with Gasteiger partial charge >= 0.3 is 0 Å². The van der Waals surface area contributed by atoms with Gasteiger partial charge in [0.2, 0.25) is 5.91 Å². The lowest BCUT2D eigenvalue weighted by atomic mass is 9.84. The summed E-state index contributed by atoms with van der Waals surface area (Å²) in [6.07, 6.45) is 0. The van der Waals surface area contributed by atoms with Crippen molar-refractivity contribution in [3.05, 3.63) is 29.8 Å². The van der Waals surface area contributed by atoms with Gasteiger partial charge in [-0.15, -0.1) is 0 Å². The summed E-state index contributed by atoms with van der Waals surface area (Å²) in [5.41, 5.74) is -0.744. The number of piperazine rings is 1. The highest BCUT2D eigenvalue weighted by atomic mass is 19.1. The number of carbonyl (C=O) groups excluding carboxylic acids is 2. The molecular weight excluding hydrogens is 278 g/mol. The van der Waals surface area contributed by atoms with E-state index in [2.05, 4.69) is 5.32 Å². The molecule has 1 saturated heterocycles. The third-order valence-corrected chi connectivity index (χ3v) is 3.57. The van der Waals surface area contributed by atoms with Crippen molar-refractivity contribution in [2.75, 3.05) is 4.90 Å². The van der Waals surface area contributed by atoms with Crippen LogP contribution in [-0.2, 0) is 9.59 Å². The highest BCUT2D eigenvalue weighted by molar-refractivity contribution is 6.08. The molecule has 1 heterocycles. The zero-order valence-electron chi connectivity index (χ0n) is 12.4. The van der Waals surface area contributed by atoms with E-state index in [1.165, 1.54) is 6.92 Å². The number of anilines is 1. The summed E-state index contributed by atoms with van der Waals surface area (Å²) >= 11 is 0. The Balaban J connectivity index is 2.51. The zero-order valence-corrected chi connectivity index (χ0v) is 12.4. The quantitative estimate of drug-likeness (QED) is 0.864. The summed E-state index contributed by atoms with van der Waals surface area (Å²) in [7, 11) is 0. The van der Waals surface area contributed by atoms with Gasteiger partial charge < -0.3 is 5.32 Å². The number of rotatable bonds is 1. The second-order valence-corrected chi connectivity index (χ2v) is 6.29. The second-order valence-electron chi connectivity index (χ2n) is 6.29. The Morgan fingerprint density at radius 2 is 1.81 bits per heavy atom. The van der Waals surface area contributed by atoms with Gasteiger partial charge in [0.1, 0.15) is 23.7 Å². The standard InChI is InChI=1S/C15H18F2N2O2/c1-8-13(20)18-12(15(2,3)4)14(21)19(8)11-7-9(16)5-6-10(11)17/h5-8,12H,1-4H3,(H,18,20). The largest absolute Gasteiger partial charge is 0.342 e. The maximum absolute atomic E-state index is 14.0. The maximum atomic E-state index is 14.0. The van der Waals surface area contributed by atoms with Crippen LogP contribution in [0.3, 0.4) is 0 Å². The van der Waals surface area contributed by atoms with E-state index in [-0.39, 0.29) is 5.69 Å². The first-order valence-electron chi connectivity index (χ1n) is 6.71. The average Bonchev–Trinajstić information content (AvgIpc) is 2.36. The topological polar surface area (TPSA) is 49.4 Å². The van der Waals surface area contributed by atoms with Gasteiger partial charge in [-0.2, -0.15) is 0 Å². The van der Waals surface area contributed by atoms with E-state index >= 15 is 0 Å². The summed E-state index contributed by atoms with van der Waals surface area (Å²) in [5.74, 6) is -2.24. The van der Waals surface area contributed by atoms with E-state index in [0.29, 0.717) is 0 Å². The third-order valence-electron chi connectivity index (χ3n) is 3.57. The van der Waals surface area contributed by atoms with Crippen molar-refractivity contribution >= 4 is 17.5 Å². The first kappa shape index (κ1) is 15.4. The smallest absolute Gasteiger partial charge is 0.250 e. The minimum Gasteiger partial charge on any atom is -0.342 e. The molecule has 0 spiro atoms. The molecule has 21 heavy (non-hydrogen) atoms. The Morgan fingerprint density at radius 1 is 1.19 bits per heavy atom. The molecule has 2 rings (SSSR count). The molecule has 1 aromatic carbocycles. The fourth-order valence-corrected chi connectivity index (χ4v) is 2.36. The van der Waals surface area contributed by atoms with Crippen LogP contribution in [0.4, 0.5) is 14.5 Å². The van der Waals surface area contributed by atoms with Gasteiger partial charge in [0, 0.05) is 6.07 Å². The van der Waals surface area contributed by atoms with Crippen LogP contribution in [0.15, 0.2) is 18.2 Å². The van der Waals surface area contributed by atoms with E-state index < -0.39 is 40.9 Å². The van der Waals surface area contributed by atoms with Gasteiger partial charge in [0.15, 0.2) is 0 Å².